The predicted octanol–water partition coefficient (Wildman–Crippen LogP) is 2.18. The summed E-state index contributed by atoms with van der Waals surface area (Å²) in [6, 6.07) is 5.40. The van der Waals surface area contributed by atoms with Gasteiger partial charge in [0.2, 0.25) is 0 Å². The molecule has 0 saturated carbocycles. The molecule has 0 unspecified atom stereocenters. The van der Waals surface area contributed by atoms with Crippen molar-refractivity contribution in [2.75, 3.05) is 0 Å². The van der Waals surface area contributed by atoms with E-state index in [4.69, 9.17) is 5.26 Å². The highest BCUT2D eigenvalue weighted by molar-refractivity contribution is 7.19. The summed E-state index contributed by atoms with van der Waals surface area (Å²) in [6.07, 6.45) is 0. The van der Waals surface area contributed by atoms with Crippen LogP contribution in [-0.4, -0.2) is 10.1 Å². The quantitative estimate of drug-likeness (QED) is 0.692. The summed E-state index contributed by atoms with van der Waals surface area (Å²) >= 11 is 1.29. The predicted molar refractivity (Wildman–Crippen MR) is 50.7 cm³/mol. The molecule has 3 nitrogen and oxygen atoms in total. The van der Waals surface area contributed by atoms with Gasteiger partial charge in [-0.15, -0.1) is 11.3 Å². The minimum atomic E-state index is 0.251. The Morgan fingerprint density at radius 2 is 2.31 bits per heavy atom. The van der Waals surface area contributed by atoms with Crippen LogP contribution in [0.3, 0.4) is 0 Å². The Balaban J connectivity index is 2.79. The van der Waals surface area contributed by atoms with Crippen LogP contribution in [0, 0.1) is 18.3 Å². The van der Waals surface area contributed by atoms with Gasteiger partial charge < -0.3 is 5.11 Å². The summed E-state index contributed by atoms with van der Waals surface area (Å²) in [7, 11) is 0. The van der Waals surface area contributed by atoms with E-state index in [1.54, 1.807) is 19.1 Å². The standard InChI is InChI=1S/C9H6N2OS/c1-5-2-6-8(3-7(5)12)13-9(4-10)11-6/h2-3,12H,1H3. The Morgan fingerprint density at radius 1 is 1.54 bits per heavy atom. The number of fused-ring (bicyclic) bond motifs is 1. The zero-order valence-electron chi connectivity index (χ0n) is 6.90. The number of thiazole rings is 1. The van der Waals surface area contributed by atoms with Crippen molar-refractivity contribution in [1.29, 1.82) is 5.26 Å². The molecule has 0 radical (unpaired) electrons. The van der Waals surface area contributed by atoms with E-state index in [0.717, 1.165) is 15.8 Å². The number of phenols is 1. The van der Waals surface area contributed by atoms with Gasteiger partial charge >= 0.3 is 0 Å². The first kappa shape index (κ1) is 8.02. The second-order valence-electron chi connectivity index (χ2n) is 2.74. The van der Waals surface area contributed by atoms with Crippen LogP contribution >= 0.6 is 11.3 Å². The van der Waals surface area contributed by atoms with Crippen LogP contribution in [-0.2, 0) is 0 Å². The number of benzene rings is 1. The number of phenolic OH excluding ortho intramolecular Hbond substituents is 1. The highest BCUT2D eigenvalue weighted by Gasteiger charge is 2.05. The molecule has 0 fully saturated rings. The van der Waals surface area contributed by atoms with E-state index < -0.39 is 0 Å². The highest BCUT2D eigenvalue weighted by Crippen LogP contribution is 2.28. The Labute approximate surface area is 78.9 Å². The van der Waals surface area contributed by atoms with E-state index in [9.17, 15) is 5.11 Å². The van der Waals surface area contributed by atoms with E-state index in [0.29, 0.717) is 5.01 Å². The number of nitrogens with zero attached hydrogens (tertiary/aromatic N) is 2. The minimum Gasteiger partial charge on any atom is -0.508 e. The van der Waals surface area contributed by atoms with Gasteiger partial charge in [0.1, 0.15) is 11.8 Å². The lowest BCUT2D eigenvalue weighted by atomic mass is 10.2. The second-order valence-corrected chi connectivity index (χ2v) is 3.77. The maximum atomic E-state index is 9.40. The maximum absolute atomic E-state index is 9.40. The summed E-state index contributed by atoms with van der Waals surface area (Å²) < 4.78 is 0.847. The van der Waals surface area contributed by atoms with Crippen molar-refractivity contribution >= 4 is 21.6 Å². The molecule has 0 spiro atoms. The lowest BCUT2D eigenvalue weighted by Crippen LogP contribution is -1.74. The molecule has 64 valence electrons. The molecule has 0 aliphatic carbocycles. The molecule has 1 aromatic carbocycles. The van der Waals surface area contributed by atoms with Gasteiger partial charge in [-0.05, 0) is 24.6 Å². The topological polar surface area (TPSA) is 56.9 Å². The molecule has 0 atom stereocenters. The first-order chi connectivity index (χ1) is 6.20. The fourth-order valence-electron chi connectivity index (χ4n) is 1.12. The molecule has 4 heteroatoms. The molecular weight excluding hydrogens is 184 g/mol. The van der Waals surface area contributed by atoms with Crippen molar-refractivity contribution in [3.05, 3.63) is 22.7 Å². The van der Waals surface area contributed by atoms with Crippen molar-refractivity contribution in [1.82, 2.24) is 4.98 Å². The van der Waals surface area contributed by atoms with Crippen LogP contribution in [0.2, 0.25) is 0 Å². The highest BCUT2D eigenvalue weighted by atomic mass is 32.1. The average Bonchev–Trinajstić information content (AvgIpc) is 2.48. The Morgan fingerprint density at radius 3 is 3.00 bits per heavy atom. The number of hydrogen-bond donors (Lipinski definition) is 1. The molecule has 2 rings (SSSR count). The smallest absolute Gasteiger partial charge is 0.195 e. The second kappa shape index (κ2) is 2.71. The molecule has 0 aliphatic rings. The van der Waals surface area contributed by atoms with Gasteiger partial charge in [-0.2, -0.15) is 5.26 Å². The summed E-state index contributed by atoms with van der Waals surface area (Å²) in [5, 5.41) is 18.4. The molecule has 0 bridgehead atoms. The van der Waals surface area contributed by atoms with Gasteiger partial charge in [0.15, 0.2) is 5.01 Å². The Hall–Kier alpha value is -1.60. The van der Waals surface area contributed by atoms with E-state index in [1.807, 2.05) is 6.07 Å². The SMILES string of the molecule is Cc1cc2nc(C#N)sc2cc1O. The molecule has 13 heavy (non-hydrogen) atoms. The third kappa shape index (κ3) is 1.23. The fourth-order valence-corrected chi connectivity index (χ4v) is 1.89. The molecule has 1 aromatic heterocycles. The summed E-state index contributed by atoms with van der Waals surface area (Å²) in [5.41, 5.74) is 1.55. The van der Waals surface area contributed by atoms with E-state index in [-0.39, 0.29) is 5.75 Å². The van der Waals surface area contributed by atoms with E-state index >= 15 is 0 Å². The summed E-state index contributed by atoms with van der Waals surface area (Å²) in [6.45, 7) is 1.81. The van der Waals surface area contributed by atoms with Crippen LogP contribution in [0.1, 0.15) is 10.6 Å². The molecular formula is C9H6N2OS. The normalized spacial score (nSPS) is 10.2. The van der Waals surface area contributed by atoms with Crippen molar-refractivity contribution in [3.8, 4) is 11.8 Å². The molecule has 1 heterocycles. The van der Waals surface area contributed by atoms with Gasteiger partial charge in [-0.25, -0.2) is 4.98 Å². The molecule has 0 aliphatic heterocycles. The van der Waals surface area contributed by atoms with Crippen molar-refractivity contribution in [2.24, 2.45) is 0 Å². The van der Waals surface area contributed by atoms with Gasteiger partial charge in [-0.1, -0.05) is 0 Å². The number of aryl methyl sites for hydroxylation is 1. The van der Waals surface area contributed by atoms with Crippen LogP contribution in [0.15, 0.2) is 12.1 Å². The number of aromatic nitrogens is 1. The molecule has 1 N–H and O–H groups in total. The van der Waals surface area contributed by atoms with Crippen LogP contribution in [0.4, 0.5) is 0 Å². The number of hydrogen-bond acceptors (Lipinski definition) is 4. The lowest BCUT2D eigenvalue weighted by Gasteiger charge is -1.95. The van der Waals surface area contributed by atoms with E-state index in [2.05, 4.69) is 4.98 Å². The van der Waals surface area contributed by atoms with Gasteiger partial charge in [0, 0.05) is 0 Å². The molecule has 0 saturated heterocycles. The zero-order valence-corrected chi connectivity index (χ0v) is 7.72. The Bertz CT molecular complexity index is 471. The number of nitriles is 1. The third-order valence-electron chi connectivity index (χ3n) is 1.80. The first-order valence-electron chi connectivity index (χ1n) is 3.71. The monoisotopic (exact) mass is 190 g/mol. The van der Waals surface area contributed by atoms with Crippen LogP contribution in [0.5, 0.6) is 5.75 Å². The van der Waals surface area contributed by atoms with Crippen LogP contribution < -0.4 is 0 Å². The first-order valence-corrected chi connectivity index (χ1v) is 4.52. The number of rotatable bonds is 0. The third-order valence-corrected chi connectivity index (χ3v) is 2.72. The average molecular weight is 190 g/mol. The van der Waals surface area contributed by atoms with Crippen LogP contribution in [0.25, 0.3) is 10.2 Å². The largest absolute Gasteiger partial charge is 0.508 e. The molecule has 2 aromatic rings. The fraction of sp³-hybridized carbons (Fsp3) is 0.111. The van der Waals surface area contributed by atoms with Crippen molar-refractivity contribution in [2.45, 2.75) is 6.92 Å². The van der Waals surface area contributed by atoms with Gasteiger partial charge in [0.05, 0.1) is 10.2 Å². The summed E-state index contributed by atoms with van der Waals surface area (Å²) in [4.78, 5) is 4.08. The maximum Gasteiger partial charge on any atom is 0.195 e. The Kier molecular flexibility index (Phi) is 1.67. The van der Waals surface area contributed by atoms with Gasteiger partial charge in [0.25, 0.3) is 0 Å². The number of aromatic hydroxyl groups is 1. The minimum absolute atomic E-state index is 0.251. The van der Waals surface area contributed by atoms with E-state index in [1.165, 1.54) is 11.3 Å². The van der Waals surface area contributed by atoms with Crippen molar-refractivity contribution in [3.63, 3.8) is 0 Å². The summed E-state index contributed by atoms with van der Waals surface area (Å²) in [5.74, 6) is 0.251. The zero-order chi connectivity index (χ0) is 9.42. The lowest BCUT2D eigenvalue weighted by molar-refractivity contribution is 0.472. The van der Waals surface area contributed by atoms with Crippen molar-refractivity contribution < 1.29 is 5.11 Å². The molecule has 0 amide bonds. The van der Waals surface area contributed by atoms with Gasteiger partial charge in [-0.3, -0.25) is 0 Å².